The van der Waals surface area contributed by atoms with Crippen LogP contribution >= 0.6 is 22.7 Å². The van der Waals surface area contributed by atoms with Gasteiger partial charge in [-0.3, -0.25) is 10.1 Å². The first-order valence-electron chi connectivity index (χ1n) is 12.2. The number of aliphatic hydroxyl groups is 1. The molecule has 3 N–H and O–H groups in total. The summed E-state index contributed by atoms with van der Waals surface area (Å²) in [6.07, 6.45) is 0. The molecule has 39 heavy (non-hydrogen) atoms. The second kappa shape index (κ2) is 12.6. The van der Waals surface area contributed by atoms with E-state index < -0.39 is 4.92 Å². The molecule has 0 unspecified atom stereocenters. The van der Waals surface area contributed by atoms with Crippen molar-refractivity contribution in [1.82, 2.24) is 9.97 Å². The van der Waals surface area contributed by atoms with Crippen LogP contribution < -0.4 is 5.73 Å². The van der Waals surface area contributed by atoms with Crippen molar-refractivity contribution in [2.75, 3.05) is 12.3 Å². The van der Waals surface area contributed by atoms with E-state index in [0.717, 1.165) is 42.6 Å². The van der Waals surface area contributed by atoms with Crippen LogP contribution in [0, 0.1) is 24.0 Å². The Hall–Kier alpha value is -4.18. The van der Waals surface area contributed by atoms with Gasteiger partial charge in [0.2, 0.25) is 0 Å². The summed E-state index contributed by atoms with van der Waals surface area (Å²) in [6.45, 7) is 6.05. The molecule has 0 aliphatic rings. The lowest BCUT2D eigenvalue weighted by Gasteiger charge is -1.95. The van der Waals surface area contributed by atoms with Gasteiger partial charge in [-0.15, -0.1) is 22.7 Å². The second-order valence-electron chi connectivity index (χ2n) is 8.72. The summed E-state index contributed by atoms with van der Waals surface area (Å²) in [5, 5.41) is 20.1. The van der Waals surface area contributed by atoms with Crippen molar-refractivity contribution in [3.63, 3.8) is 0 Å². The van der Waals surface area contributed by atoms with Crippen molar-refractivity contribution >= 4 is 54.5 Å². The average molecular weight is 557 g/mol. The van der Waals surface area contributed by atoms with Crippen LogP contribution in [0.3, 0.4) is 0 Å². The minimum absolute atomic E-state index is 0.0979. The van der Waals surface area contributed by atoms with Gasteiger partial charge in [-0.05, 0) is 92.6 Å². The number of nitro benzene ring substituents is 1. The summed E-state index contributed by atoms with van der Waals surface area (Å²) in [5.41, 5.74) is 13.1. The lowest BCUT2D eigenvalue weighted by molar-refractivity contribution is -0.384. The molecular weight excluding hydrogens is 528 g/mol. The van der Waals surface area contributed by atoms with Gasteiger partial charge in [0.15, 0.2) is 0 Å². The summed E-state index contributed by atoms with van der Waals surface area (Å²) >= 11 is 3.31. The van der Waals surface area contributed by atoms with Gasteiger partial charge in [0, 0.05) is 35.6 Å². The Labute approximate surface area is 234 Å². The smallest absolute Gasteiger partial charge is 0.269 e. The number of nitrogens with zero attached hydrogens (tertiary/aromatic N) is 3. The van der Waals surface area contributed by atoms with Crippen molar-refractivity contribution in [3.8, 4) is 21.1 Å². The molecule has 2 heterocycles. The topological polar surface area (TPSA) is 115 Å². The van der Waals surface area contributed by atoms with Crippen molar-refractivity contribution in [1.29, 1.82) is 0 Å². The van der Waals surface area contributed by atoms with E-state index in [9.17, 15) is 10.1 Å². The van der Waals surface area contributed by atoms with Crippen molar-refractivity contribution in [2.45, 2.75) is 20.8 Å². The molecule has 0 aliphatic carbocycles. The van der Waals surface area contributed by atoms with Gasteiger partial charge in [-0.2, -0.15) is 0 Å². The van der Waals surface area contributed by atoms with Gasteiger partial charge < -0.3 is 10.8 Å². The van der Waals surface area contributed by atoms with E-state index in [0.29, 0.717) is 0 Å². The number of aryl methyl sites for hydroxylation is 2. The Bertz CT molecular complexity index is 1710. The van der Waals surface area contributed by atoms with Crippen LogP contribution in [0.4, 0.5) is 11.4 Å². The third-order valence-corrected chi connectivity index (χ3v) is 7.74. The van der Waals surface area contributed by atoms with Crippen LogP contribution in [0.25, 0.3) is 41.6 Å². The molecule has 7 nitrogen and oxygen atoms in total. The highest BCUT2D eigenvalue weighted by molar-refractivity contribution is 7.22. The molecule has 0 bridgehead atoms. The van der Waals surface area contributed by atoms with E-state index in [-0.39, 0.29) is 12.3 Å². The Morgan fingerprint density at radius 3 is 1.59 bits per heavy atom. The number of benzene rings is 4. The molecule has 0 amide bonds. The zero-order chi connectivity index (χ0) is 27.9. The highest BCUT2D eigenvalue weighted by Crippen LogP contribution is 2.32. The number of aromatic nitrogens is 2. The Morgan fingerprint density at radius 2 is 1.18 bits per heavy atom. The summed E-state index contributed by atoms with van der Waals surface area (Å²) in [6, 6.07) is 26.9. The van der Waals surface area contributed by atoms with Crippen LogP contribution in [0.1, 0.15) is 18.1 Å². The van der Waals surface area contributed by atoms with Crippen LogP contribution in [0.2, 0.25) is 0 Å². The van der Waals surface area contributed by atoms with E-state index in [1.54, 1.807) is 41.7 Å². The molecule has 9 heteroatoms. The maximum absolute atomic E-state index is 10.6. The van der Waals surface area contributed by atoms with E-state index in [1.165, 1.54) is 28.0 Å². The van der Waals surface area contributed by atoms with Gasteiger partial charge in [-0.25, -0.2) is 9.97 Å². The molecule has 198 valence electrons. The number of nitro groups is 1. The average Bonchev–Trinajstić information content (AvgIpc) is 3.54. The number of aliphatic hydroxyl groups excluding tert-OH is 1. The SMILES string of the molecule is CCO.Cc1ccc2sc(-c3ccc(N)cc3)nc2c1.Cc1ccc2sc(-c3ccc([N+](=O)[O-])cc3)nc2c1. The molecule has 6 rings (SSSR count). The quantitative estimate of drug-likeness (QED) is 0.129. The van der Waals surface area contributed by atoms with Crippen LogP contribution in [0.5, 0.6) is 0 Å². The van der Waals surface area contributed by atoms with E-state index >= 15 is 0 Å². The van der Waals surface area contributed by atoms with E-state index in [2.05, 4.69) is 47.2 Å². The van der Waals surface area contributed by atoms with Crippen molar-refractivity contribution in [2.24, 2.45) is 0 Å². The number of fused-ring (bicyclic) bond motifs is 2. The van der Waals surface area contributed by atoms with Gasteiger partial charge >= 0.3 is 0 Å². The number of nitrogen functional groups attached to an aromatic ring is 1. The minimum atomic E-state index is -0.397. The second-order valence-corrected chi connectivity index (χ2v) is 10.8. The fraction of sp³-hybridized carbons (Fsp3) is 0.133. The first-order chi connectivity index (χ1) is 18.8. The summed E-state index contributed by atoms with van der Waals surface area (Å²) in [7, 11) is 0. The fourth-order valence-corrected chi connectivity index (χ4v) is 5.58. The summed E-state index contributed by atoms with van der Waals surface area (Å²) in [5.74, 6) is 0. The van der Waals surface area contributed by atoms with Crippen LogP contribution in [-0.4, -0.2) is 26.6 Å². The maximum Gasteiger partial charge on any atom is 0.269 e. The highest BCUT2D eigenvalue weighted by atomic mass is 32.1. The number of hydrogen-bond acceptors (Lipinski definition) is 8. The lowest BCUT2D eigenvalue weighted by atomic mass is 10.2. The zero-order valence-corrected chi connectivity index (χ0v) is 23.4. The van der Waals surface area contributed by atoms with E-state index in [1.807, 2.05) is 37.3 Å². The third-order valence-electron chi connectivity index (χ3n) is 5.57. The molecule has 0 radical (unpaired) electrons. The molecule has 0 fully saturated rings. The summed E-state index contributed by atoms with van der Waals surface area (Å²) < 4.78 is 2.35. The molecular formula is C30H28N4O3S2. The number of nitrogens with two attached hydrogens (primary N) is 1. The highest BCUT2D eigenvalue weighted by Gasteiger charge is 2.09. The minimum Gasteiger partial charge on any atom is -0.399 e. The molecule has 6 aromatic rings. The number of non-ortho nitro benzene ring substituents is 1. The number of thiazole rings is 2. The monoisotopic (exact) mass is 556 g/mol. The van der Waals surface area contributed by atoms with Crippen molar-refractivity contribution < 1.29 is 10.0 Å². The first-order valence-corrected chi connectivity index (χ1v) is 13.9. The van der Waals surface area contributed by atoms with E-state index in [4.69, 9.17) is 10.8 Å². The van der Waals surface area contributed by atoms with Crippen LogP contribution in [0.15, 0.2) is 84.9 Å². The lowest BCUT2D eigenvalue weighted by Crippen LogP contribution is -1.86. The van der Waals surface area contributed by atoms with Gasteiger partial charge in [0.25, 0.3) is 5.69 Å². The number of hydrogen-bond donors (Lipinski definition) is 2. The molecule has 0 aliphatic heterocycles. The zero-order valence-electron chi connectivity index (χ0n) is 21.8. The van der Waals surface area contributed by atoms with Gasteiger partial charge in [0.1, 0.15) is 10.0 Å². The van der Waals surface area contributed by atoms with Gasteiger partial charge in [-0.1, -0.05) is 12.1 Å². The standard InChI is InChI=1S/C14H10N2O2S.C14H12N2S.C2H6O/c1-9-2-7-13-12(8-9)15-14(19-13)10-3-5-11(6-4-10)16(17)18;1-9-2-7-13-12(8-9)16-14(17-13)10-3-5-11(15)6-4-10;1-2-3/h2-8H,1H3;2-8H,15H2,1H3;3H,2H2,1H3. The van der Waals surface area contributed by atoms with Crippen LogP contribution in [-0.2, 0) is 0 Å². The predicted octanol–water partition coefficient (Wildman–Crippen LogP) is 8.03. The fourth-order valence-electron chi connectivity index (χ4n) is 3.67. The van der Waals surface area contributed by atoms with Gasteiger partial charge in [0.05, 0.1) is 25.4 Å². The largest absolute Gasteiger partial charge is 0.399 e. The van der Waals surface area contributed by atoms with Crippen molar-refractivity contribution in [3.05, 3.63) is 106 Å². The maximum atomic E-state index is 10.6. The summed E-state index contributed by atoms with van der Waals surface area (Å²) in [4.78, 5) is 19.4. The molecule has 0 atom stereocenters. The third kappa shape index (κ3) is 7.02. The molecule has 0 saturated heterocycles. The normalized spacial score (nSPS) is 10.5. The molecule has 0 spiro atoms. The predicted molar refractivity (Wildman–Crippen MR) is 163 cm³/mol. The molecule has 0 saturated carbocycles. The molecule has 4 aromatic carbocycles. The Morgan fingerprint density at radius 1 is 0.769 bits per heavy atom. The Balaban J connectivity index is 0.000000165. The number of rotatable bonds is 3. The molecule has 2 aromatic heterocycles. The Kier molecular flexibility index (Phi) is 8.98. The number of anilines is 1. The first kappa shape index (κ1) is 27.8.